The molecule has 1 heterocycles. The van der Waals surface area contributed by atoms with Crippen LogP contribution in [0, 0.1) is 0 Å². The molecule has 158 valence electrons. The monoisotopic (exact) mass is 489 g/mol. The van der Waals surface area contributed by atoms with Crippen molar-refractivity contribution in [3.8, 4) is 5.75 Å². The van der Waals surface area contributed by atoms with Crippen LogP contribution in [0.4, 0.5) is 0 Å². The Balaban J connectivity index is 2.18. The van der Waals surface area contributed by atoms with E-state index < -0.39 is 0 Å². The van der Waals surface area contributed by atoms with Crippen molar-refractivity contribution in [3.63, 3.8) is 0 Å². The number of hydrogen-bond acceptors (Lipinski definition) is 4. The van der Waals surface area contributed by atoms with E-state index in [0.29, 0.717) is 33.1 Å². The maximum Gasteiger partial charge on any atom is 0.282 e. The van der Waals surface area contributed by atoms with Gasteiger partial charge in [0, 0.05) is 20.5 Å². The average Bonchev–Trinajstić information content (AvgIpc) is 2.68. The predicted molar refractivity (Wildman–Crippen MR) is 127 cm³/mol. The van der Waals surface area contributed by atoms with E-state index in [1.807, 2.05) is 45.9 Å². The van der Waals surface area contributed by atoms with Crippen LogP contribution >= 0.6 is 27.5 Å². The summed E-state index contributed by atoms with van der Waals surface area (Å²) in [6.45, 7) is 10.1. The lowest BCUT2D eigenvalue weighted by atomic mass is 9.95. The molecule has 2 aromatic carbocycles. The van der Waals surface area contributed by atoms with Gasteiger partial charge in [-0.25, -0.2) is 4.98 Å². The lowest BCUT2D eigenvalue weighted by Crippen LogP contribution is -2.29. The van der Waals surface area contributed by atoms with E-state index in [1.165, 1.54) is 4.68 Å². The highest BCUT2D eigenvalue weighted by molar-refractivity contribution is 9.10. The predicted octanol–water partition coefficient (Wildman–Crippen LogP) is 6.17. The van der Waals surface area contributed by atoms with Crippen molar-refractivity contribution in [3.05, 3.63) is 67.6 Å². The molecule has 5 nitrogen and oxygen atoms in total. The Labute approximate surface area is 189 Å². The third kappa shape index (κ3) is 4.93. The van der Waals surface area contributed by atoms with Gasteiger partial charge in [-0.1, -0.05) is 55.2 Å². The second kappa shape index (κ2) is 8.90. The molecule has 0 amide bonds. The molecule has 0 radical (unpaired) electrons. The summed E-state index contributed by atoms with van der Waals surface area (Å²) in [5, 5.41) is 5.58. The standard InChI is InChI=1S/C23H25BrClN3O2/c1-6-14(2)30-20-10-8-17(25)11-15(20)13-26-28-21(29)18-12-16(24)7-9-19(18)27-22(28)23(3,4)5/h7-14H,6H2,1-5H3/t14-/m0/s1. The van der Waals surface area contributed by atoms with Gasteiger partial charge in [0.15, 0.2) is 0 Å². The van der Waals surface area contributed by atoms with Crippen LogP contribution < -0.4 is 10.3 Å². The molecular formula is C23H25BrClN3O2. The van der Waals surface area contributed by atoms with Crippen LogP contribution in [0.3, 0.4) is 0 Å². The van der Waals surface area contributed by atoms with E-state index in [9.17, 15) is 4.79 Å². The smallest absolute Gasteiger partial charge is 0.282 e. The molecule has 0 aliphatic carbocycles. The van der Waals surface area contributed by atoms with Gasteiger partial charge in [0.1, 0.15) is 11.6 Å². The lowest BCUT2D eigenvalue weighted by molar-refractivity contribution is 0.217. The molecule has 0 aliphatic heterocycles. The quantitative estimate of drug-likeness (QED) is 0.402. The summed E-state index contributed by atoms with van der Waals surface area (Å²) in [6, 6.07) is 10.8. The van der Waals surface area contributed by atoms with Crippen LogP contribution in [0.5, 0.6) is 5.75 Å². The van der Waals surface area contributed by atoms with Gasteiger partial charge >= 0.3 is 0 Å². The summed E-state index contributed by atoms with van der Waals surface area (Å²) in [6.07, 6.45) is 2.52. The van der Waals surface area contributed by atoms with Crippen molar-refractivity contribution in [2.75, 3.05) is 0 Å². The topological polar surface area (TPSA) is 56.5 Å². The Morgan fingerprint density at radius 3 is 2.67 bits per heavy atom. The zero-order valence-corrected chi connectivity index (χ0v) is 20.1. The molecule has 0 fully saturated rings. The highest BCUT2D eigenvalue weighted by atomic mass is 79.9. The minimum Gasteiger partial charge on any atom is -0.490 e. The van der Waals surface area contributed by atoms with Crippen LogP contribution in [0.2, 0.25) is 5.02 Å². The van der Waals surface area contributed by atoms with Gasteiger partial charge in [0.05, 0.1) is 23.2 Å². The van der Waals surface area contributed by atoms with Gasteiger partial charge in [-0.15, -0.1) is 0 Å². The molecule has 30 heavy (non-hydrogen) atoms. The first-order valence-electron chi connectivity index (χ1n) is 9.83. The van der Waals surface area contributed by atoms with Crippen molar-refractivity contribution >= 4 is 44.6 Å². The lowest BCUT2D eigenvalue weighted by Gasteiger charge is -2.21. The normalized spacial score (nSPS) is 13.2. The van der Waals surface area contributed by atoms with Crippen molar-refractivity contribution in [2.24, 2.45) is 5.10 Å². The summed E-state index contributed by atoms with van der Waals surface area (Å²) < 4.78 is 8.17. The van der Waals surface area contributed by atoms with E-state index in [1.54, 1.807) is 24.4 Å². The van der Waals surface area contributed by atoms with Crippen LogP contribution in [0.25, 0.3) is 10.9 Å². The molecule has 1 aromatic heterocycles. The zero-order chi connectivity index (χ0) is 22.1. The van der Waals surface area contributed by atoms with Crippen molar-refractivity contribution in [1.29, 1.82) is 0 Å². The Bertz CT molecular complexity index is 1170. The van der Waals surface area contributed by atoms with Gasteiger partial charge in [-0.3, -0.25) is 4.79 Å². The molecule has 0 N–H and O–H groups in total. The highest BCUT2D eigenvalue weighted by Gasteiger charge is 2.23. The Hall–Kier alpha value is -2.18. The summed E-state index contributed by atoms with van der Waals surface area (Å²) >= 11 is 9.62. The largest absolute Gasteiger partial charge is 0.490 e. The molecule has 3 aromatic rings. The first kappa shape index (κ1) is 22.5. The summed E-state index contributed by atoms with van der Waals surface area (Å²) in [7, 11) is 0. The number of halogens is 2. The second-order valence-corrected chi connectivity index (χ2v) is 9.58. The summed E-state index contributed by atoms with van der Waals surface area (Å²) in [4.78, 5) is 18.0. The molecule has 1 atom stereocenters. The van der Waals surface area contributed by atoms with Gasteiger partial charge < -0.3 is 4.74 Å². The van der Waals surface area contributed by atoms with Crippen molar-refractivity contribution < 1.29 is 4.74 Å². The molecule has 0 saturated heterocycles. The number of benzene rings is 2. The minimum atomic E-state index is -0.387. The van der Waals surface area contributed by atoms with E-state index in [0.717, 1.165) is 10.9 Å². The van der Waals surface area contributed by atoms with E-state index in [-0.39, 0.29) is 17.1 Å². The maximum atomic E-state index is 13.3. The molecule has 0 spiro atoms. The number of nitrogens with zero attached hydrogens (tertiary/aromatic N) is 3. The van der Waals surface area contributed by atoms with Crippen LogP contribution in [0.15, 0.2) is 50.8 Å². The third-order valence-corrected chi connectivity index (χ3v) is 5.39. The number of fused-ring (bicyclic) bond motifs is 1. The van der Waals surface area contributed by atoms with E-state index in [2.05, 4.69) is 28.0 Å². The molecule has 0 aliphatic rings. The van der Waals surface area contributed by atoms with E-state index >= 15 is 0 Å². The molecule has 0 bridgehead atoms. The average molecular weight is 491 g/mol. The van der Waals surface area contributed by atoms with Crippen LogP contribution in [-0.2, 0) is 5.41 Å². The molecule has 0 saturated carbocycles. The van der Waals surface area contributed by atoms with Crippen molar-refractivity contribution in [1.82, 2.24) is 9.66 Å². The zero-order valence-electron chi connectivity index (χ0n) is 17.7. The number of hydrogen-bond donors (Lipinski definition) is 0. The maximum absolute atomic E-state index is 13.3. The number of rotatable bonds is 5. The minimum absolute atomic E-state index is 0.0471. The molecule has 3 rings (SSSR count). The van der Waals surface area contributed by atoms with Gasteiger partial charge in [-0.05, 0) is 49.7 Å². The highest BCUT2D eigenvalue weighted by Crippen LogP contribution is 2.25. The first-order valence-corrected chi connectivity index (χ1v) is 11.0. The summed E-state index contributed by atoms with van der Waals surface area (Å²) in [5.74, 6) is 1.24. The first-order chi connectivity index (χ1) is 14.1. The van der Waals surface area contributed by atoms with Crippen molar-refractivity contribution in [2.45, 2.75) is 52.6 Å². The number of ether oxygens (including phenoxy) is 1. The summed E-state index contributed by atoms with van der Waals surface area (Å²) in [5.41, 5.74) is 0.725. The number of aromatic nitrogens is 2. The Morgan fingerprint density at radius 2 is 2.00 bits per heavy atom. The fourth-order valence-electron chi connectivity index (χ4n) is 2.89. The van der Waals surface area contributed by atoms with E-state index in [4.69, 9.17) is 21.3 Å². The molecule has 0 unspecified atom stereocenters. The van der Waals surface area contributed by atoms with Crippen LogP contribution in [-0.4, -0.2) is 22.0 Å². The fraction of sp³-hybridized carbons (Fsp3) is 0.348. The third-order valence-electron chi connectivity index (χ3n) is 4.67. The van der Waals surface area contributed by atoms with Gasteiger partial charge in [0.25, 0.3) is 5.56 Å². The fourth-order valence-corrected chi connectivity index (χ4v) is 3.43. The van der Waals surface area contributed by atoms with Gasteiger partial charge in [0.2, 0.25) is 0 Å². The Kier molecular flexibility index (Phi) is 6.68. The Morgan fingerprint density at radius 1 is 1.27 bits per heavy atom. The van der Waals surface area contributed by atoms with Gasteiger partial charge in [-0.2, -0.15) is 9.78 Å². The van der Waals surface area contributed by atoms with Crippen LogP contribution in [0.1, 0.15) is 52.4 Å². The molecular weight excluding hydrogens is 466 g/mol. The second-order valence-electron chi connectivity index (χ2n) is 8.23. The SMILES string of the molecule is CC[C@H](C)Oc1ccc(Cl)cc1C=Nn1c(C(C)(C)C)nc2ccc(Br)cc2c1=O. The molecule has 7 heteroatoms.